The van der Waals surface area contributed by atoms with E-state index in [0.717, 1.165) is 12.0 Å². The number of rotatable bonds is 4. The molecule has 0 saturated heterocycles. The molecule has 0 spiro atoms. The summed E-state index contributed by atoms with van der Waals surface area (Å²) in [4.78, 5) is 0. The molecule has 1 rings (SSSR count). The van der Waals surface area contributed by atoms with Crippen LogP contribution in [0.1, 0.15) is 72.6 Å². The first-order valence-electron chi connectivity index (χ1n) is 7.24. The third kappa shape index (κ3) is 5.89. The van der Waals surface area contributed by atoms with Crippen molar-refractivity contribution in [1.29, 1.82) is 0 Å². The van der Waals surface area contributed by atoms with Gasteiger partial charge in [-0.05, 0) is 43.6 Å². The van der Waals surface area contributed by atoms with Gasteiger partial charge in [0.1, 0.15) is 0 Å². The topological polar surface area (TPSA) is 12.0 Å². The van der Waals surface area contributed by atoms with Gasteiger partial charge in [-0.25, -0.2) is 0 Å². The van der Waals surface area contributed by atoms with E-state index in [2.05, 4.69) is 33.0 Å². The molecule has 0 heterocycles. The molecule has 0 aromatic rings. The fraction of sp³-hybridized carbons (Fsp3) is 1.00. The Morgan fingerprint density at radius 1 is 1.06 bits per heavy atom. The molecule has 0 radical (unpaired) electrons. The predicted octanol–water partition coefficient (Wildman–Crippen LogP) is 4.37. The highest BCUT2D eigenvalue weighted by molar-refractivity contribution is 4.75. The van der Waals surface area contributed by atoms with Gasteiger partial charge in [-0.15, -0.1) is 0 Å². The van der Waals surface area contributed by atoms with Gasteiger partial charge >= 0.3 is 0 Å². The van der Waals surface area contributed by atoms with Gasteiger partial charge in [0.05, 0.1) is 0 Å². The molecule has 2 atom stereocenters. The first-order valence-corrected chi connectivity index (χ1v) is 7.24. The molecule has 0 amide bonds. The zero-order valence-corrected chi connectivity index (χ0v) is 11.8. The summed E-state index contributed by atoms with van der Waals surface area (Å²) in [5, 5.41) is 3.76. The molecule has 0 aromatic heterocycles. The predicted molar refractivity (Wildman–Crippen MR) is 72.7 cm³/mol. The summed E-state index contributed by atoms with van der Waals surface area (Å²) in [6, 6.07) is 0.805. The van der Waals surface area contributed by atoms with Gasteiger partial charge in [0.25, 0.3) is 0 Å². The molecule has 1 aliphatic carbocycles. The normalized spacial score (nSPS) is 27.8. The zero-order valence-electron chi connectivity index (χ0n) is 11.8. The highest BCUT2D eigenvalue weighted by atomic mass is 14.9. The quantitative estimate of drug-likeness (QED) is 0.701. The molecule has 1 heteroatoms. The van der Waals surface area contributed by atoms with E-state index in [4.69, 9.17) is 0 Å². The van der Waals surface area contributed by atoms with Gasteiger partial charge in [-0.2, -0.15) is 0 Å². The summed E-state index contributed by atoms with van der Waals surface area (Å²) in [5.41, 5.74) is 0.476. The van der Waals surface area contributed by atoms with Crippen LogP contribution in [-0.2, 0) is 0 Å². The Hall–Kier alpha value is -0.0400. The fourth-order valence-corrected chi connectivity index (χ4v) is 2.64. The molecule has 0 bridgehead atoms. The Labute approximate surface area is 102 Å². The summed E-state index contributed by atoms with van der Waals surface area (Å²) in [7, 11) is 0. The van der Waals surface area contributed by atoms with E-state index in [9.17, 15) is 0 Å². The van der Waals surface area contributed by atoms with Crippen molar-refractivity contribution in [1.82, 2.24) is 5.32 Å². The van der Waals surface area contributed by atoms with Gasteiger partial charge in [0.15, 0.2) is 0 Å². The highest BCUT2D eigenvalue weighted by Gasteiger charge is 2.18. The summed E-state index contributed by atoms with van der Waals surface area (Å²) in [6.45, 7) is 10.5. The van der Waals surface area contributed by atoms with Gasteiger partial charge in [-0.3, -0.25) is 0 Å². The minimum atomic E-state index is 0.476. The highest BCUT2D eigenvalue weighted by Crippen LogP contribution is 2.25. The minimum absolute atomic E-state index is 0.476. The van der Waals surface area contributed by atoms with E-state index in [1.54, 1.807) is 0 Å². The Kier molecular flexibility index (Phi) is 5.82. The van der Waals surface area contributed by atoms with Crippen LogP contribution in [0.4, 0.5) is 0 Å². The second-order valence-corrected chi connectivity index (χ2v) is 6.74. The van der Waals surface area contributed by atoms with E-state index in [1.807, 2.05) is 0 Å². The molecule has 1 fully saturated rings. The van der Waals surface area contributed by atoms with Crippen LogP contribution in [0, 0.1) is 11.3 Å². The van der Waals surface area contributed by atoms with Crippen LogP contribution < -0.4 is 5.32 Å². The van der Waals surface area contributed by atoms with Crippen LogP contribution in [0.5, 0.6) is 0 Å². The van der Waals surface area contributed by atoms with Gasteiger partial charge in [0.2, 0.25) is 0 Å². The second kappa shape index (κ2) is 6.64. The number of hydrogen-bond acceptors (Lipinski definition) is 1. The maximum absolute atomic E-state index is 3.76. The largest absolute Gasteiger partial charge is 0.314 e. The van der Waals surface area contributed by atoms with Crippen molar-refractivity contribution in [2.24, 2.45) is 11.3 Å². The average molecular weight is 225 g/mol. The van der Waals surface area contributed by atoms with Gasteiger partial charge in [-0.1, -0.05) is 47.0 Å². The molecule has 1 saturated carbocycles. The van der Waals surface area contributed by atoms with Gasteiger partial charge < -0.3 is 5.32 Å². The van der Waals surface area contributed by atoms with Crippen LogP contribution in [0.2, 0.25) is 0 Å². The molecule has 0 aliphatic heterocycles. The molecule has 2 unspecified atom stereocenters. The van der Waals surface area contributed by atoms with Crippen molar-refractivity contribution in [3.63, 3.8) is 0 Å². The standard InChI is InChI=1S/C15H31N/c1-5-13-7-6-8-14(10-9-13)16-12-11-15(2,3)4/h13-14,16H,5-12H2,1-4H3. The molecular formula is C15H31N. The van der Waals surface area contributed by atoms with Crippen LogP contribution in [-0.4, -0.2) is 12.6 Å². The maximum atomic E-state index is 3.76. The lowest BCUT2D eigenvalue weighted by Gasteiger charge is -2.22. The molecule has 1 N–H and O–H groups in total. The smallest absolute Gasteiger partial charge is 0.00671 e. The van der Waals surface area contributed by atoms with Crippen molar-refractivity contribution >= 4 is 0 Å². The van der Waals surface area contributed by atoms with Crippen molar-refractivity contribution in [3.8, 4) is 0 Å². The summed E-state index contributed by atoms with van der Waals surface area (Å²) >= 11 is 0. The Balaban J connectivity index is 2.18. The van der Waals surface area contributed by atoms with Crippen molar-refractivity contribution in [3.05, 3.63) is 0 Å². The zero-order chi connectivity index (χ0) is 12.0. The van der Waals surface area contributed by atoms with Crippen molar-refractivity contribution < 1.29 is 0 Å². The van der Waals surface area contributed by atoms with Crippen molar-refractivity contribution in [2.75, 3.05) is 6.54 Å². The lowest BCUT2D eigenvalue weighted by Crippen LogP contribution is -2.31. The lowest BCUT2D eigenvalue weighted by molar-refractivity contribution is 0.343. The maximum Gasteiger partial charge on any atom is 0.00671 e. The van der Waals surface area contributed by atoms with E-state index >= 15 is 0 Å². The third-order valence-corrected chi connectivity index (χ3v) is 3.97. The van der Waals surface area contributed by atoms with Crippen LogP contribution >= 0.6 is 0 Å². The number of nitrogens with one attached hydrogen (secondary N) is 1. The molecule has 1 nitrogen and oxygen atoms in total. The number of hydrogen-bond donors (Lipinski definition) is 1. The Morgan fingerprint density at radius 3 is 2.44 bits per heavy atom. The lowest BCUT2D eigenvalue weighted by atomic mass is 9.92. The second-order valence-electron chi connectivity index (χ2n) is 6.74. The van der Waals surface area contributed by atoms with Gasteiger partial charge in [0, 0.05) is 6.04 Å². The van der Waals surface area contributed by atoms with Crippen LogP contribution in [0.3, 0.4) is 0 Å². The summed E-state index contributed by atoms with van der Waals surface area (Å²) < 4.78 is 0. The molecule has 0 aromatic carbocycles. The first kappa shape index (κ1) is 14.0. The SMILES string of the molecule is CCC1CCCC(NCCC(C)(C)C)CC1. The van der Waals surface area contributed by atoms with Crippen LogP contribution in [0.25, 0.3) is 0 Å². The molecule has 16 heavy (non-hydrogen) atoms. The van der Waals surface area contributed by atoms with E-state index in [0.29, 0.717) is 5.41 Å². The van der Waals surface area contributed by atoms with E-state index in [-0.39, 0.29) is 0 Å². The van der Waals surface area contributed by atoms with Crippen LogP contribution in [0.15, 0.2) is 0 Å². The minimum Gasteiger partial charge on any atom is -0.314 e. The monoisotopic (exact) mass is 225 g/mol. The van der Waals surface area contributed by atoms with E-state index < -0.39 is 0 Å². The summed E-state index contributed by atoms with van der Waals surface area (Å²) in [6.07, 6.45) is 9.84. The molecular weight excluding hydrogens is 194 g/mol. The third-order valence-electron chi connectivity index (χ3n) is 3.97. The fourth-order valence-electron chi connectivity index (χ4n) is 2.64. The molecule has 96 valence electrons. The molecule has 1 aliphatic rings. The summed E-state index contributed by atoms with van der Waals surface area (Å²) in [5.74, 6) is 1.01. The van der Waals surface area contributed by atoms with E-state index in [1.165, 1.54) is 51.5 Å². The Bertz CT molecular complexity index is 180. The van der Waals surface area contributed by atoms with Crippen molar-refractivity contribution in [2.45, 2.75) is 78.7 Å². The average Bonchev–Trinajstić information content (AvgIpc) is 2.41. The Morgan fingerprint density at radius 2 is 1.81 bits per heavy atom. The first-order chi connectivity index (χ1) is 7.51.